The second-order valence-corrected chi connectivity index (χ2v) is 7.07. The molecule has 5 nitrogen and oxygen atoms in total. The van der Waals surface area contributed by atoms with Gasteiger partial charge in [0.15, 0.2) is 5.96 Å². The van der Waals surface area contributed by atoms with Crippen molar-refractivity contribution in [3.63, 3.8) is 0 Å². The van der Waals surface area contributed by atoms with Gasteiger partial charge in [0.2, 0.25) is 5.88 Å². The summed E-state index contributed by atoms with van der Waals surface area (Å²) in [5, 5.41) is 6.73. The largest absolute Gasteiger partial charge is 0.481 e. The normalized spacial score (nSPS) is 22.1. The van der Waals surface area contributed by atoms with Gasteiger partial charge in [-0.1, -0.05) is 6.07 Å². The van der Waals surface area contributed by atoms with Crippen molar-refractivity contribution in [2.75, 3.05) is 26.5 Å². The fraction of sp³-hybridized carbons (Fsp3) is 0.600. The molecule has 1 fully saturated rings. The molecule has 2 rings (SSSR count). The molecule has 1 aromatic rings. The molecule has 0 saturated carbocycles. The predicted octanol–water partition coefficient (Wildman–Crippen LogP) is 2.04. The third kappa shape index (κ3) is 4.81. The van der Waals surface area contributed by atoms with Gasteiger partial charge in [0, 0.05) is 37.1 Å². The SMILES string of the molecule is CN=C(NCc1ccc(OC)nc1)NCC1(C)CCCS1. The Kier molecular flexibility index (Phi) is 5.73. The van der Waals surface area contributed by atoms with E-state index in [1.54, 1.807) is 14.2 Å². The number of aromatic nitrogens is 1. The predicted molar refractivity (Wildman–Crippen MR) is 89.1 cm³/mol. The maximum atomic E-state index is 5.05. The Morgan fingerprint density at radius 1 is 1.48 bits per heavy atom. The average molecular weight is 308 g/mol. The zero-order chi connectivity index (χ0) is 15.1. The highest BCUT2D eigenvalue weighted by molar-refractivity contribution is 8.00. The lowest BCUT2D eigenvalue weighted by molar-refractivity contribution is 0.397. The zero-order valence-corrected chi connectivity index (χ0v) is 13.8. The summed E-state index contributed by atoms with van der Waals surface area (Å²) < 4.78 is 5.39. The second-order valence-electron chi connectivity index (χ2n) is 5.39. The number of nitrogens with one attached hydrogen (secondary N) is 2. The van der Waals surface area contributed by atoms with Gasteiger partial charge in [-0.2, -0.15) is 11.8 Å². The highest BCUT2D eigenvalue weighted by Crippen LogP contribution is 2.36. The highest BCUT2D eigenvalue weighted by atomic mass is 32.2. The first kappa shape index (κ1) is 15.9. The molecule has 2 heterocycles. The van der Waals surface area contributed by atoms with Gasteiger partial charge in [-0.05, 0) is 31.1 Å². The average Bonchev–Trinajstić information content (AvgIpc) is 2.95. The summed E-state index contributed by atoms with van der Waals surface area (Å²) in [5.74, 6) is 2.73. The molecule has 21 heavy (non-hydrogen) atoms. The van der Waals surface area contributed by atoms with Crippen LogP contribution >= 0.6 is 11.8 Å². The van der Waals surface area contributed by atoms with Crippen molar-refractivity contribution in [3.8, 4) is 5.88 Å². The van der Waals surface area contributed by atoms with Gasteiger partial charge >= 0.3 is 0 Å². The first-order valence-corrected chi connectivity index (χ1v) is 8.21. The third-order valence-corrected chi connectivity index (χ3v) is 5.16. The summed E-state index contributed by atoms with van der Waals surface area (Å²) in [7, 11) is 3.42. The van der Waals surface area contributed by atoms with Crippen LogP contribution in [-0.4, -0.2) is 42.1 Å². The van der Waals surface area contributed by atoms with Crippen molar-refractivity contribution in [2.45, 2.75) is 31.1 Å². The van der Waals surface area contributed by atoms with Crippen LogP contribution < -0.4 is 15.4 Å². The number of ether oxygens (including phenoxy) is 1. The van der Waals surface area contributed by atoms with E-state index in [9.17, 15) is 0 Å². The lowest BCUT2D eigenvalue weighted by atomic mass is 10.1. The molecule has 116 valence electrons. The Bertz CT molecular complexity index is 469. The quantitative estimate of drug-likeness (QED) is 0.644. The van der Waals surface area contributed by atoms with E-state index in [-0.39, 0.29) is 0 Å². The fourth-order valence-electron chi connectivity index (χ4n) is 2.29. The van der Waals surface area contributed by atoms with Gasteiger partial charge in [0.25, 0.3) is 0 Å². The molecule has 2 N–H and O–H groups in total. The van der Waals surface area contributed by atoms with E-state index in [2.05, 4.69) is 27.5 Å². The molecule has 0 bridgehead atoms. The second kappa shape index (κ2) is 7.54. The zero-order valence-electron chi connectivity index (χ0n) is 13.0. The third-order valence-electron chi connectivity index (χ3n) is 3.62. The number of pyridine rings is 1. The number of guanidine groups is 1. The Hall–Kier alpha value is -1.43. The molecule has 0 amide bonds. The maximum absolute atomic E-state index is 5.05. The number of aliphatic imine (C=N–C) groups is 1. The molecule has 1 unspecified atom stereocenters. The Morgan fingerprint density at radius 3 is 2.90 bits per heavy atom. The molecule has 1 aliphatic heterocycles. The van der Waals surface area contributed by atoms with Crippen molar-refractivity contribution in [2.24, 2.45) is 4.99 Å². The van der Waals surface area contributed by atoms with Crippen molar-refractivity contribution in [1.82, 2.24) is 15.6 Å². The maximum Gasteiger partial charge on any atom is 0.212 e. The van der Waals surface area contributed by atoms with Crippen molar-refractivity contribution >= 4 is 17.7 Å². The van der Waals surface area contributed by atoms with Crippen LogP contribution in [0.3, 0.4) is 0 Å². The number of nitrogens with zero attached hydrogens (tertiary/aromatic N) is 2. The van der Waals surface area contributed by atoms with Gasteiger partial charge in [0.05, 0.1) is 7.11 Å². The van der Waals surface area contributed by atoms with Gasteiger partial charge < -0.3 is 15.4 Å². The molecular formula is C15H24N4OS. The summed E-state index contributed by atoms with van der Waals surface area (Å²) in [5.41, 5.74) is 1.10. The van der Waals surface area contributed by atoms with E-state index < -0.39 is 0 Å². The van der Waals surface area contributed by atoms with Gasteiger partial charge in [-0.25, -0.2) is 4.98 Å². The summed E-state index contributed by atoms with van der Waals surface area (Å²) in [6.07, 6.45) is 4.39. The van der Waals surface area contributed by atoms with Gasteiger partial charge in [-0.3, -0.25) is 4.99 Å². The monoisotopic (exact) mass is 308 g/mol. The molecule has 1 saturated heterocycles. The molecule has 0 radical (unpaired) electrons. The first-order valence-electron chi connectivity index (χ1n) is 7.22. The Morgan fingerprint density at radius 2 is 2.33 bits per heavy atom. The Balaban J connectivity index is 1.79. The van der Waals surface area contributed by atoms with Crippen molar-refractivity contribution in [3.05, 3.63) is 23.9 Å². The van der Waals surface area contributed by atoms with Gasteiger partial charge in [-0.15, -0.1) is 0 Å². The smallest absolute Gasteiger partial charge is 0.212 e. The lowest BCUT2D eigenvalue weighted by Crippen LogP contribution is -2.43. The number of hydrogen-bond donors (Lipinski definition) is 2. The molecule has 1 atom stereocenters. The Labute approximate surface area is 131 Å². The van der Waals surface area contributed by atoms with Gasteiger partial charge in [0.1, 0.15) is 0 Å². The van der Waals surface area contributed by atoms with Crippen LogP contribution in [0.1, 0.15) is 25.3 Å². The number of rotatable bonds is 5. The van der Waals surface area contributed by atoms with E-state index in [1.165, 1.54) is 18.6 Å². The highest BCUT2D eigenvalue weighted by Gasteiger charge is 2.29. The molecule has 0 spiro atoms. The summed E-state index contributed by atoms with van der Waals surface area (Å²) in [4.78, 5) is 8.46. The molecule has 1 aromatic heterocycles. The minimum absolute atomic E-state index is 0.333. The topological polar surface area (TPSA) is 58.5 Å². The van der Waals surface area contributed by atoms with Crippen molar-refractivity contribution < 1.29 is 4.74 Å². The summed E-state index contributed by atoms with van der Waals surface area (Å²) in [6, 6.07) is 3.86. The molecule has 0 aliphatic carbocycles. The standard InChI is InChI=1S/C15H24N4OS/c1-15(7-4-8-21-15)11-19-14(16-2)18-10-12-5-6-13(20-3)17-9-12/h5-6,9H,4,7-8,10-11H2,1-3H3,(H2,16,18,19). The van der Waals surface area contributed by atoms with Crippen LogP contribution in [0.4, 0.5) is 0 Å². The van der Waals surface area contributed by atoms with Crippen LogP contribution in [-0.2, 0) is 6.54 Å². The fourth-order valence-corrected chi connectivity index (χ4v) is 3.53. The molecule has 0 aromatic carbocycles. The first-order chi connectivity index (χ1) is 10.1. The van der Waals surface area contributed by atoms with Crippen molar-refractivity contribution in [1.29, 1.82) is 0 Å². The molecular weight excluding hydrogens is 284 g/mol. The van der Waals surface area contributed by atoms with Crippen LogP contribution in [0.2, 0.25) is 0 Å². The van der Waals surface area contributed by atoms with Crippen LogP contribution in [0.15, 0.2) is 23.3 Å². The number of thioether (sulfide) groups is 1. The number of methoxy groups -OCH3 is 1. The van der Waals surface area contributed by atoms with Crippen LogP contribution in [0.5, 0.6) is 5.88 Å². The van der Waals surface area contributed by atoms with E-state index >= 15 is 0 Å². The minimum Gasteiger partial charge on any atom is -0.481 e. The summed E-state index contributed by atoms with van der Waals surface area (Å²) >= 11 is 2.05. The summed E-state index contributed by atoms with van der Waals surface area (Å²) in [6.45, 7) is 3.96. The van der Waals surface area contributed by atoms with E-state index in [1.807, 2.05) is 30.1 Å². The molecule has 1 aliphatic rings. The molecule has 6 heteroatoms. The van der Waals surface area contributed by atoms with E-state index in [4.69, 9.17) is 4.74 Å². The number of hydrogen-bond acceptors (Lipinski definition) is 4. The van der Waals surface area contributed by atoms with E-state index in [0.717, 1.165) is 18.1 Å². The van der Waals surface area contributed by atoms with E-state index in [0.29, 0.717) is 17.2 Å². The lowest BCUT2D eigenvalue weighted by Gasteiger charge is -2.24. The van der Waals surface area contributed by atoms with Crippen LogP contribution in [0.25, 0.3) is 0 Å². The van der Waals surface area contributed by atoms with Crippen LogP contribution in [0, 0.1) is 0 Å². The minimum atomic E-state index is 0.333.